The van der Waals surface area contributed by atoms with Gasteiger partial charge in [-0.05, 0) is 58.1 Å². The van der Waals surface area contributed by atoms with E-state index in [4.69, 9.17) is 23.2 Å². The average Bonchev–Trinajstić information content (AvgIpc) is 2.35. The summed E-state index contributed by atoms with van der Waals surface area (Å²) in [5.74, 6) is 0. The number of hydrogen-bond acceptors (Lipinski definition) is 0. The van der Waals surface area contributed by atoms with Crippen molar-refractivity contribution in [3.8, 4) is 0 Å². The van der Waals surface area contributed by atoms with Crippen molar-refractivity contribution in [3.63, 3.8) is 0 Å². The zero-order chi connectivity index (χ0) is 13.1. The zero-order valence-electron chi connectivity index (χ0n) is 9.96. The SMILES string of the molecule is Cc1ccccc1CC(Cl)c1ccc(Br)c(Cl)c1. The van der Waals surface area contributed by atoms with Gasteiger partial charge in [-0.15, -0.1) is 11.6 Å². The van der Waals surface area contributed by atoms with Gasteiger partial charge in [0.15, 0.2) is 0 Å². The molecule has 0 radical (unpaired) electrons. The molecule has 0 amide bonds. The third-order valence-corrected chi connectivity index (χ3v) is 4.60. The Hall–Kier alpha value is -0.500. The quantitative estimate of drug-likeness (QED) is 0.605. The summed E-state index contributed by atoms with van der Waals surface area (Å²) in [5.41, 5.74) is 3.59. The lowest BCUT2D eigenvalue weighted by atomic mass is 10.0. The molecule has 0 aliphatic rings. The van der Waals surface area contributed by atoms with Crippen LogP contribution < -0.4 is 0 Å². The van der Waals surface area contributed by atoms with E-state index in [1.54, 1.807) is 0 Å². The van der Waals surface area contributed by atoms with E-state index in [0.29, 0.717) is 5.02 Å². The van der Waals surface area contributed by atoms with Gasteiger partial charge < -0.3 is 0 Å². The van der Waals surface area contributed by atoms with Crippen molar-refractivity contribution in [3.05, 3.63) is 68.7 Å². The molecule has 0 aliphatic heterocycles. The van der Waals surface area contributed by atoms with E-state index in [9.17, 15) is 0 Å². The van der Waals surface area contributed by atoms with Gasteiger partial charge in [-0.2, -0.15) is 0 Å². The minimum Gasteiger partial charge on any atom is -0.117 e. The normalized spacial score (nSPS) is 12.4. The number of alkyl halides is 1. The van der Waals surface area contributed by atoms with Gasteiger partial charge in [0.05, 0.1) is 10.4 Å². The smallest absolute Gasteiger partial charge is 0.0626 e. The van der Waals surface area contributed by atoms with E-state index in [-0.39, 0.29) is 5.38 Å². The van der Waals surface area contributed by atoms with Crippen LogP contribution in [0.4, 0.5) is 0 Å². The second kappa shape index (κ2) is 6.10. The number of halogens is 3. The van der Waals surface area contributed by atoms with Crippen molar-refractivity contribution in [1.29, 1.82) is 0 Å². The Bertz CT molecular complexity index is 552. The maximum absolute atomic E-state index is 6.46. The largest absolute Gasteiger partial charge is 0.117 e. The van der Waals surface area contributed by atoms with Crippen molar-refractivity contribution < 1.29 is 0 Å². The average molecular weight is 344 g/mol. The molecule has 1 unspecified atom stereocenters. The van der Waals surface area contributed by atoms with Crippen LogP contribution in [0.3, 0.4) is 0 Å². The third kappa shape index (κ3) is 3.28. The van der Waals surface area contributed by atoms with Crippen molar-refractivity contribution in [1.82, 2.24) is 0 Å². The molecular weight excluding hydrogens is 331 g/mol. The van der Waals surface area contributed by atoms with Gasteiger partial charge in [-0.25, -0.2) is 0 Å². The highest BCUT2D eigenvalue weighted by Crippen LogP contribution is 2.31. The summed E-state index contributed by atoms with van der Waals surface area (Å²) in [6.45, 7) is 2.10. The monoisotopic (exact) mass is 342 g/mol. The molecule has 0 saturated carbocycles. The molecule has 0 saturated heterocycles. The Morgan fingerprint density at radius 2 is 1.89 bits per heavy atom. The highest BCUT2D eigenvalue weighted by Gasteiger charge is 2.11. The third-order valence-electron chi connectivity index (χ3n) is 2.97. The maximum Gasteiger partial charge on any atom is 0.0626 e. The predicted octanol–water partition coefficient (Wildman–Crippen LogP) is 5.93. The first kappa shape index (κ1) is 13.9. The molecule has 0 nitrogen and oxygen atoms in total. The topological polar surface area (TPSA) is 0 Å². The van der Waals surface area contributed by atoms with Gasteiger partial charge in [0, 0.05) is 4.47 Å². The zero-order valence-corrected chi connectivity index (χ0v) is 13.1. The number of aryl methyl sites for hydroxylation is 1. The molecule has 0 fully saturated rings. The first-order valence-electron chi connectivity index (χ1n) is 5.71. The van der Waals surface area contributed by atoms with Crippen LogP contribution in [-0.2, 0) is 6.42 Å². The van der Waals surface area contributed by atoms with Crippen molar-refractivity contribution in [2.24, 2.45) is 0 Å². The standard InChI is InChI=1S/C15H13BrCl2/c1-10-4-2-3-5-11(10)8-14(17)12-6-7-13(16)15(18)9-12/h2-7,9,14H,8H2,1H3. The summed E-state index contributed by atoms with van der Waals surface area (Å²) >= 11 is 15.9. The molecule has 18 heavy (non-hydrogen) atoms. The number of benzene rings is 2. The van der Waals surface area contributed by atoms with Gasteiger partial charge in [-0.1, -0.05) is 41.9 Å². The summed E-state index contributed by atoms with van der Waals surface area (Å²) in [7, 11) is 0. The first-order chi connectivity index (χ1) is 8.58. The fourth-order valence-corrected chi connectivity index (χ4v) is 2.59. The lowest BCUT2D eigenvalue weighted by Gasteiger charge is -2.12. The minimum atomic E-state index is -0.0586. The lowest BCUT2D eigenvalue weighted by molar-refractivity contribution is 0.910. The van der Waals surface area contributed by atoms with Gasteiger partial charge >= 0.3 is 0 Å². The molecule has 0 N–H and O–H groups in total. The molecule has 0 spiro atoms. The summed E-state index contributed by atoms with van der Waals surface area (Å²) in [5, 5.41) is 0.639. The van der Waals surface area contributed by atoms with Crippen molar-refractivity contribution >= 4 is 39.1 Å². The van der Waals surface area contributed by atoms with Gasteiger partial charge in [-0.3, -0.25) is 0 Å². The van der Waals surface area contributed by atoms with E-state index >= 15 is 0 Å². The van der Waals surface area contributed by atoms with Crippen LogP contribution in [0, 0.1) is 6.92 Å². The fraction of sp³-hybridized carbons (Fsp3) is 0.200. The second-order valence-corrected chi connectivity index (χ2v) is 6.06. The van der Waals surface area contributed by atoms with E-state index < -0.39 is 0 Å². The molecule has 2 rings (SSSR count). The van der Waals surface area contributed by atoms with E-state index in [2.05, 4.69) is 35.0 Å². The molecule has 0 bridgehead atoms. The van der Waals surface area contributed by atoms with Gasteiger partial charge in [0.1, 0.15) is 0 Å². The first-order valence-corrected chi connectivity index (χ1v) is 7.32. The van der Waals surface area contributed by atoms with Crippen LogP contribution in [0.25, 0.3) is 0 Å². The Morgan fingerprint density at radius 3 is 2.56 bits per heavy atom. The van der Waals surface area contributed by atoms with E-state index in [1.165, 1.54) is 11.1 Å². The van der Waals surface area contributed by atoms with Crippen LogP contribution >= 0.6 is 39.1 Å². The summed E-state index contributed by atoms with van der Waals surface area (Å²) in [6.07, 6.45) is 0.812. The molecule has 0 aromatic heterocycles. The van der Waals surface area contributed by atoms with E-state index in [1.807, 2.05) is 30.3 Å². The number of rotatable bonds is 3. The lowest BCUT2D eigenvalue weighted by Crippen LogP contribution is -1.98. The number of hydrogen-bond donors (Lipinski definition) is 0. The summed E-state index contributed by atoms with van der Waals surface area (Å²) < 4.78 is 0.896. The van der Waals surface area contributed by atoms with Gasteiger partial charge in [0.2, 0.25) is 0 Å². The minimum absolute atomic E-state index is 0.0586. The fourth-order valence-electron chi connectivity index (χ4n) is 1.86. The van der Waals surface area contributed by atoms with Crippen molar-refractivity contribution in [2.75, 3.05) is 0 Å². The Labute approximate surface area is 126 Å². The van der Waals surface area contributed by atoms with Crippen LogP contribution in [0.5, 0.6) is 0 Å². The van der Waals surface area contributed by atoms with Crippen molar-refractivity contribution in [2.45, 2.75) is 18.7 Å². The Kier molecular flexibility index (Phi) is 4.71. The molecule has 3 heteroatoms. The summed E-state index contributed by atoms with van der Waals surface area (Å²) in [4.78, 5) is 0. The molecular formula is C15H13BrCl2. The maximum atomic E-state index is 6.46. The summed E-state index contributed by atoms with van der Waals surface area (Å²) in [6, 6.07) is 14.2. The second-order valence-electron chi connectivity index (χ2n) is 4.27. The Morgan fingerprint density at radius 1 is 1.17 bits per heavy atom. The molecule has 2 aromatic carbocycles. The van der Waals surface area contributed by atoms with Crippen LogP contribution in [0.1, 0.15) is 22.1 Å². The predicted molar refractivity (Wildman–Crippen MR) is 82.6 cm³/mol. The highest BCUT2D eigenvalue weighted by atomic mass is 79.9. The van der Waals surface area contributed by atoms with Gasteiger partial charge in [0.25, 0.3) is 0 Å². The molecule has 2 aromatic rings. The van der Waals surface area contributed by atoms with Crippen LogP contribution in [0.2, 0.25) is 5.02 Å². The van der Waals surface area contributed by atoms with Crippen LogP contribution in [0.15, 0.2) is 46.9 Å². The van der Waals surface area contributed by atoms with Crippen LogP contribution in [-0.4, -0.2) is 0 Å². The van der Waals surface area contributed by atoms with E-state index in [0.717, 1.165) is 16.5 Å². The molecule has 0 heterocycles. The Balaban J connectivity index is 2.19. The molecule has 94 valence electrons. The molecule has 0 aliphatic carbocycles. The highest BCUT2D eigenvalue weighted by molar-refractivity contribution is 9.10. The molecule has 1 atom stereocenters.